The summed E-state index contributed by atoms with van der Waals surface area (Å²) in [4.78, 5) is 0. The molecule has 0 aromatic carbocycles. The van der Waals surface area contributed by atoms with Crippen LogP contribution in [0.15, 0.2) is 23.0 Å². The highest BCUT2D eigenvalue weighted by molar-refractivity contribution is 5.30. The lowest BCUT2D eigenvalue weighted by Gasteiger charge is -2.58. The predicted octanol–water partition coefficient (Wildman–Crippen LogP) is 0.118. The van der Waals surface area contributed by atoms with Gasteiger partial charge in [-0.25, -0.2) is 0 Å². The van der Waals surface area contributed by atoms with E-state index in [1.165, 1.54) is 18.1 Å². The number of aliphatic hydroxyl groups is 10. The topological polar surface area (TPSA) is 267 Å². The Morgan fingerprint density at radius 2 is 1.42 bits per heavy atom. The van der Waals surface area contributed by atoms with Gasteiger partial charge < -0.3 is 84.2 Å². The van der Waals surface area contributed by atoms with Crippen LogP contribution in [0.4, 0.5) is 0 Å². The average molecular weight is 885 g/mol. The summed E-state index contributed by atoms with van der Waals surface area (Å²) in [6.45, 7) is 9.88. The molecule has 17 nitrogen and oxygen atoms in total. The Morgan fingerprint density at radius 3 is 2.15 bits per heavy atom. The number of fused-ring (bicyclic) bond motifs is 7. The standard InChI is InChI=1S/C45H72O17/c1-19(18-56-41-37(53)35(51)33(49)29(16-46)60-41)6-9-27-20(2)31-28(59-27)15-26-24-8-7-22-14-23(10-12-44(22,4)25(24)11-13-45(26,31)5)58-43-39(55)36(52)40(30(17-47)61-43)62-42-38(54)34(50)32(48)21(3)57-42/h7,19,21,23-26,28-43,46-55H,6,8-18H2,1-5H3/t19-,21+,23+,24+,25+,26-,28-,29-,30-,31-,32+,33-,34-,35+,36-,37-,38-,39-,40-,41-,42-,43-,44+,45+/m1/s1. The normalized spacial score (nSPS) is 52.0. The van der Waals surface area contributed by atoms with Crippen LogP contribution in [-0.4, -0.2) is 175 Å². The number of rotatable bonds is 12. The van der Waals surface area contributed by atoms with Crippen LogP contribution in [-0.2, 0) is 33.2 Å². The van der Waals surface area contributed by atoms with Crippen molar-refractivity contribution >= 4 is 0 Å². The fraction of sp³-hybridized carbons (Fsp3) is 0.911. The Balaban J connectivity index is 0.854. The van der Waals surface area contributed by atoms with E-state index in [1.807, 2.05) is 0 Å². The molecule has 62 heavy (non-hydrogen) atoms. The lowest BCUT2D eigenvalue weighted by atomic mass is 9.47. The fourth-order valence-corrected chi connectivity index (χ4v) is 13.1. The SMILES string of the molecule is CC1=C(CC[C@@H](C)CO[C@@H]2O[C@H](CO)[C@@H](O)[C@H](O)[C@H]2O)O[C@@H]2C[C@@H]3[C@H]4CC=C5C[C@@H](O[C@@H]6O[C@H](CO)[C@@H](O[C@H]7O[C@@H](C)[C@H](O)[C@@H](O)[C@H]7O)[C@H](O)[C@H]6O)CC[C@]5(C)[C@H]4CC[C@]3(C)[C@H]12. The Labute approximate surface area is 363 Å². The Morgan fingerprint density at radius 1 is 0.758 bits per heavy atom. The van der Waals surface area contributed by atoms with Crippen molar-refractivity contribution in [2.24, 2.45) is 40.4 Å². The minimum atomic E-state index is -1.63. The van der Waals surface area contributed by atoms with Gasteiger partial charge in [0.25, 0.3) is 0 Å². The van der Waals surface area contributed by atoms with Crippen LogP contribution in [0.1, 0.15) is 92.4 Å². The Bertz CT molecular complexity index is 1630. The molecule has 8 rings (SSSR count). The molecule has 3 saturated heterocycles. The van der Waals surface area contributed by atoms with Gasteiger partial charge in [-0.05, 0) is 105 Å². The van der Waals surface area contributed by atoms with E-state index in [-0.39, 0.29) is 35.6 Å². The molecule has 0 spiro atoms. The highest BCUT2D eigenvalue weighted by Crippen LogP contribution is 2.69. The molecule has 4 heterocycles. The first-order valence-corrected chi connectivity index (χ1v) is 23.0. The van der Waals surface area contributed by atoms with E-state index in [0.717, 1.165) is 57.1 Å². The summed E-state index contributed by atoms with van der Waals surface area (Å²) < 4.78 is 41.8. The molecule has 0 unspecified atom stereocenters. The first kappa shape index (κ1) is 47.1. The molecular weight excluding hydrogens is 812 g/mol. The summed E-state index contributed by atoms with van der Waals surface area (Å²) >= 11 is 0. The van der Waals surface area contributed by atoms with Crippen LogP contribution >= 0.6 is 0 Å². The van der Waals surface area contributed by atoms with Crippen LogP contribution in [0.5, 0.6) is 0 Å². The average Bonchev–Trinajstić information content (AvgIpc) is 3.74. The molecule has 17 heteroatoms. The predicted molar refractivity (Wildman–Crippen MR) is 216 cm³/mol. The van der Waals surface area contributed by atoms with Crippen molar-refractivity contribution < 1.29 is 84.2 Å². The van der Waals surface area contributed by atoms with Crippen molar-refractivity contribution in [2.45, 2.75) is 197 Å². The number of aliphatic hydroxyl groups excluding tert-OH is 10. The molecule has 24 atom stereocenters. The largest absolute Gasteiger partial charge is 0.494 e. The molecule has 10 N–H and O–H groups in total. The second-order valence-electron chi connectivity index (χ2n) is 20.4. The monoisotopic (exact) mass is 884 g/mol. The van der Waals surface area contributed by atoms with Gasteiger partial charge >= 0.3 is 0 Å². The third kappa shape index (κ3) is 8.25. The van der Waals surface area contributed by atoms with Crippen LogP contribution in [0.25, 0.3) is 0 Å². The quantitative estimate of drug-likeness (QED) is 0.117. The van der Waals surface area contributed by atoms with Gasteiger partial charge in [-0.1, -0.05) is 32.4 Å². The molecule has 354 valence electrons. The number of hydrogen-bond donors (Lipinski definition) is 10. The van der Waals surface area contributed by atoms with Gasteiger partial charge in [0.15, 0.2) is 18.9 Å². The van der Waals surface area contributed by atoms with Gasteiger partial charge in [-0.15, -0.1) is 0 Å². The molecule has 4 aliphatic heterocycles. The number of allylic oxidation sites excluding steroid dienone is 2. The molecule has 8 aliphatic rings. The first-order valence-electron chi connectivity index (χ1n) is 23.0. The summed E-state index contributed by atoms with van der Waals surface area (Å²) in [6.07, 6.45) is -9.70. The van der Waals surface area contributed by atoms with Crippen LogP contribution in [0, 0.1) is 40.4 Å². The van der Waals surface area contributed by atoms with Crippen LogP contribution < -0.4 is 0 Å². The summed E-state index contributed by atoms with van der Waals surface area (Å²) in [7, 11) is 0. The first-order chi connectivity index (χ1) is 29.4. The molecule has 6 fully saturated rings. The zero-order chi connectivity index (χ0) is 44.6. The van der Waals surface area contributed by atoms with Gasteiger partial charge in [-0.2, -0.15) is 0 Å². The highest BCUT2D eigenvalue weighted by Gasteiger charge is 2.64. The molecule has 0 aromatic rings. The lowest BCUT2D eigenvalue weighted by molar-refractivity contribution is -0.360. The summed E-state index contributed by atoms with van der Waals surface area (Å²) in [5, 5.41) is 103. The molecule has 0 bridgehead atoms. The van der Waals surface area contributed by atoms with Crippen molar-refractivity contribution in [1.29, 1.82) is 0 Å². The maximum absolute atomic E-state index is 11.2. The number of ether oxygens (including phenoxy) is 7. The number of hydrogen-bond acceptors (Lipinski definition) is 17. The fourth-order valence-electron chi connectivity index (χ4n) is 13.1. The van der Waals surface area contributed by atoms with Gasteiger partial charge in [-0.3, -0.25) is 0 Å². The molecule has 0 radical (unpaired) electrons. The third-order valence-corrected chi connectivity index (χ3v) is 16.8. The maximum atomic E-state index is 11.2. The second kappa shape index (κ2) is 18.4. The smallest absolute Gasteiger partial charge is 0.187 e. The lowest BCUT2D eigenvalue weighted by Crippen LogP contribution is -2.64. The molecule has 3 saturated carbocycles. The summed E-state index contributed by atoms with van der Waals surface area (Å²) in [5.74, 6) is 3.10. The zero-order valence-corrected chi connectivity index (χ0v) is 36.6. The molecule has 0 amide bonds. The van der Waals surface area contributed by atoms with Crippen molar-refractivity contribution in [3.8, 4) is 0 Å². The van der Waals surface area contributed by atoms with Gasteiger partial charge in [0.05, 0.1) is 37.8 Å². The second-order valence-corrected chi connectivity index (χ2v) is 20.4. The van der Waals surface area contributed by atoms with E-state index < -0.39 is 105 Å². The van der Waals surface area contributed by atoms with Crippen molar-refractivity contribution in [3.63, 3.8) is 0 Å². The van der Waals surface area contributed by atoms with Crippen LogP contribution in [0.2, 0.25) is 0 Å². The van der Waals surface area contributed by atoms with Crippen LogP contribution in [0.3, 0.4) is 0 Å². The minimum absolute atomic E-state index is 0.000752. The van der Waals surface area contributed by atoms with Gasteiger partial charge in [0, 0.05) is 12.3 Å². The minimum Gasteiger partial charge on any atom is -0.494 e. The van der Waals surface area contributed by atoms with Gasteiger partial charge in [0.2, 0.25) is 0 Å². The summed E-state index contributed by atoms with van der Waals surface area (Å²) in [6, 6.07) is 0. The Kier molecular flexibility index (Phi) is 14.0. The molecular formula is C45H72O17. The van der Waals surface area contributed by atoms with E-state index in [0.29, 0.717) is 30.1 Å². The van der Waals surface area contributed by atoms with E-state index in [2.05, 4.69) is 33.8 Å². The van der Waals surface area contributed by atoms with Crippen molar-refractivity contribution in [2.75, 3.05) is 19.8 Å². The van der Waals surface area contributed by atoms with Crippen molar-refractivity contribution in [1.82, 2.24) is 0 Å². The Hall–Kier alpha value is -1.36. The summed E-state index contributed by atoms with van der Waals surface area (Å²) in [5.41, 5.74) is 2.84. The third-order valence-electron chi connectivity index (χ3n) is 16.8. The van der Waals surface area contributed by atoms with Crippen molar-refractivity contribution in [3.05, 3.63) is 23.0 Å². The van der Waals surface area contributed by atoms with Gasteiger partial charge in [0.1, 0.15) is 73.2 Å². The zero-order valence-electron chi connectivity index (χ0n) is 36.6. The highest BCUT2D eigenvalue weighted by atomic mass is 16.7. The van der Waals surface area contributed by atoms with E-state index in [4.69, 9.17) is 33.2 Å². The molecule has 4 aliphatic carbocycles. The molecule has 0 aromatic heterocycles. The van der Waals surface area contributed by atoms with E-state index in [1.54, 1.807) is 0 Å². The van der Waals surface area contributed by atoms with E-state index >= 15 is 0 Å². The maximum Gasteiger partial charge on any atom is 0.187 e. The van der Waals surface area contributed by atoms with E-state index in [9.17, 15) is 51.1 Å².